The summed E-state index contributed by atoms with van der Waals surface area (Å²) in [6.45, 7) is 5.07. The standard InChI is InChI=1S/C29H33F4N3O3S/c1-28(2,3)19-7-8-24(27(14-19)39-4)34-11-5-6-22-17-23-25(35-21-9-12-40(37,38)13-10-21)15-20(30)16-26(23)36(22)18-29(31,32)33/h7-8,14-17,21,34-35H,9-13,18H2,1-4H3. The first kappa shape index (κ1) is 29.6. The molecule has 0 unspecified atom stereocenters. The van der Waals surface area contributed by atoms with Crippen molar-refractivity contribution in [3.8, 4) is 17.6 Å². The third-order valence-electron chi connectivity index (χ3n) is 6.89. The van der Waals surface area contributed by atoms with Crippen LogP contribution in [0.15, 0.2) is 36.4 Å². The smallest absolute Gasteiger partial charge is 0.406 e. The number of anilines is 2. The molecule has 2 heterocycles. The number of nitrogens with zero attached hydrogens (tertiary/aromatic N) is 1. The van der Waals surface area contributed by atoms with Gasteiger partial charge in [0.1, 0.15) is 27.9 Å². The highest BCUT2D eigenvalue weighted by Gasteiger charge is 2.30. The molecule has 11 heteroatoms. The molecule has 0 spiro atoms. The van der Waals surface area contributed by atoms with E-state index in [1.807, 2.05) is 18.2 Å². The molecule has 6 nitrogen and oxygen atoms in total. The van der Waals surface area contributed by atoms with E-state index in [-0.39, 0.29) is 40.7 Å². The van der Waals surface area contributed by atoms with Crippen molar-refractivity contribution in [2.75, 3.05) is 35.8 Å². The third kappa shape index (κ3) is 7.22. The predicted octanol–water partition coefficient (Wildman–Crippen LogP) is 6.10. The summed E-state index contributed by atoms with van der Waals surface area (Å²) in [5, 5.41) is 6.68. The van der Waals surface area contributed by atoms with Gasteiger partial charge in [-0.2, -0.15) is 13.2 Å². The molecule has 1 aliphatic heterocycles. The van der Waals surface area contributed by atoms with Crippen LogP contribution in [-0.4, -0.2) is 50.4 Å². The molecule has 1 aliphatic rings. The number of fused-ring (bicyclic) bond motifs is 1. The number of alkyl halides is 3. The fourth-order valence-electron chi connectivity index (χ4n) is 4.73. The van der Waals surface area contributed by atoms with Crippen molar-refractivity contribution in [3.63, 3.8) is 0 Å². The Morgan fingerprint density at radius 3 is 2.38 bits per heavy atom. The van der Waals surface area contributed by atoms with Gasteiger partial charge in [0, 0.05) is 17.1 Å². The van der Waals surface area contributed by atoms with E-state index in [1.165, 1.54) is 12.1 Å². The molecule has 1 aromatic heterocycles. The van der Waals surface area contributed by atoms with Gasteiger partial charge in [-0.25, -0.2) is 12.8 Å². The Labute approximate surface area is 232 Å². The number of nitrogens with one attached hydrogen (secondary N) is 2. The molecule has 1 saturated heterocycles. The molecule has 0 aliphatic carbocycles. The molecule has 0 atom stereocenters. The molecule has 40 heavy (non-hydrogen) atoms. The monoisotopic (exact) mass is 579 g/mol. The van der Waals surface area contributed by atoms with Gasteiger partial charge in [-0.15, -0.1) is 0 Å². The van der Waals surface area contributed by atoms with Crippen LogP contribution in [-0.2, 0) is 21.8 Å². The highest BCUT2D eigenvalue weighted by Crippen LogP contribution is 2.33. The topological polar surface area (TPSA) is 72.4 Å². The minimum atomic E-state index is -4.56. The van der Waals surface area contributed by atoms with Crippen LogP contribution in [0.3, 0.4) is 0 Å². The molecule has 216 valence electrons. The van der Waals surface area contributed by atoms with E-state index in [1.54, 1.807) is 7.11 Å². The molecule has 0 radical (unpaired) electrons. The lowest BCUT2D eigenvalue weighted by Crippen LogP contribution is -2.32. The first-order chi connectivity index (χ1) is 18.6. The first-order valence-electron chi connectivity index (χ1n) is 12.9. The maximum Gasteiger partial charge on any atom is 0.406 e. The van der Waals surface area contributed by atoms with Gasteiger partial charge >= 0.3 is 6.18 Å². The van der Waals surface area contributed by atoms with E-state index in [0.717, 1.165) is 16.2 Å². The SMILES string of the molecule is COc1cc(C(C)(C)C)ccc1NCC#Cc1cc2c(NC3CCS(=O)(=O)CC3)cc(F)cc2n1CC(F)(F)F. The second kappa shape index (κ2) is 11.2. The zero-order chi connectivity index (χ0) is 29.3. The van der Waals surface area contributed by atoms with Crippen molar-refractivity contribution in [1.82, 2.24) is 4.57 Å². The number of rotatable bonds is 6. The number of methoxy groups -OCH3 is 1. The van der Waals surface area contributed by atoms with Crippen LogP contribution < -0.4 is 15.4 Å². The minimum absolute atomic E-state index is 0.00561. The predicted molar refractivity (Wildman–Crippen MR) is 150 cm³/mol. The summed E-state index contributed by atoms with van der Waals surface area (Å²) in [4.78, 5) is 0. The molecule has 2 N–H and O–H groups in total. The Hall–Kier alpha value is -3.39. The number of hydrogen-bond acceptors (Lipinski definition) is 5. The van der Waals surface area contributed by atoms with Crippen LogP contribution in [0.4, 0.5) is 28.9 Å². The Morgan fingerprint density at radius 1 is 1.05 bits per heavy atom. The van der Waals surface area contributed by atoms with Gasteiger partial charge < -0.3 is 19.9 Å². The summed E-state index contributed by atoms with van der Waals surface area (Å²) >= 11 is 0. The number of hydrogen-bond donors (Lipinski definition) is 2. The Morgan fingerprint density at radius 2 is 1.75 bits per heavy atom. The van der Waals surface area contributed by atoms with Gasteiger partial charge in [0.2, 0.25) is 0 Å². The van der Waals surface area contributed by atoms with Crippen molar-refractivity contribution >= 4 is 32.1 Å². The summed E-state index contributed by atoms with van der Waals surface area (Å²) in [6, 6.07) is 9.33. The molecular weight excluding hydrogens is 546 g/mol. The van der Waals surface area contributed by atoms with Crippen LogP contribution in [0, 0.1) is 17.7 Å². The van der Waals surface area contributed by atoms with Gasteiger partial charge in [0.05, 0.1) is 42.1 Å². The quantitative estimate of drug-likeness (QED) is 0.273. The second-order valence-corrected chi connectivity index (χ2v) is 13.3. The summed E-state index contributed by atoms with van der Waals surface area (Å²) in [5.41, 5.74) is 2.17. The van der Waals surface area contributed by atoms with Crippen LogP contribution >= 0.6 is 0 Å². The van der Waals surface area contributed by atoms with Crippen molar-refractivity contribution in [2.45, 2.75) is 57.8 Å². The molecule has 0 saturated carbocycles. The van der Waals surface area contributed by atoms with Gasteiger partial charge in [-0.05, 0) is 60.1 Å². The normalized spacial score (nSPS) is 15.9. The molecule has 1 fully saturated rings. The highest BCUT2D eigenvalue weighted by molar-refractivity contribution is 7.91. The number of halogens is 4. The fourth-order valence-corrected chi connectivity index (χ4v) is 6.22. The molecule has 0 bridgehead atoms. The summed E-state index contributed by atoms with van der Waals surface area (Å²) < 4.78 is 85.1. The zero-order valence-corrected chi connectivity index (χ0v) is 23.7. The van der Waals surface area contributed by atoms with E-state index in [9.17, 15) is 26.0 Å². The maximum absolute atomic E-state index is 14.6. The average Bonchev–Trinajstić information content (AvgIpc) is 3.18. The van der Waals surface area contributed by atoms with Crippen LogP contribution in [0.5, 0.6) is 5.75 Å². The lowest BCUT2D eigenvalue weighted by molar-refractivity contribution is -0.140. The largest absolute Gasteiger partial charge is 0.495 e. The lowest BCUT2D eigenvalue weighted by Gasteiger charge is -2.24. The first-order valence-corrected chi connectivity index (χ1v) is 14.7. The summed E-state index contributed by atoms with van der Waals surface area (Å²) in [7, 11) is -1.54. The fraction of sp³-hybridized carbons (Fsp3) is 0.448. The highest BCUT2D eigenvalue weighted by atomic mass is 32.2. The number of benzene rings is 2. The number of sulfone groups is 1. The number of aromatic nitrogens is 1. The van der Waals surface area contributed by atoms with E-state index >= 15 is 0 Å². The van der Waals surface area contributed by atoms with Crippen molar-refractivity contribution in [2.24, 2.45) is 0 Å². The molecule has 4 rings (SSSR count). The third-order valence-corrected chi connectivity index (χ3v) is 8.60. The van der Waals surface area contributed by atoms with E-state index in [2.05, 4.69) is 43.2 Å². The van der Waals surface area contributed by atoms with Gasteiger partial charge in [0.25, 0.3) is 0 Å². The minimum Gasteiger partial charge on any atom is -0.495 e. The van der Waals surface area contributed by atoms with Gasteiger partial charge in [0.15, 0.2) is 0 Å². The summed E-state index contributed by atoms with van der Waals surface area (Å²) in [5.74, 6) is 5.62. The van der Waals surface area contributed by atoms with E-state index in [4.69, 9.17) is 4.74 Å². The average molecular weight is 580 g/mol. The maximum atomic E-state index is 14.6. The number of ether oxygens (including phenoxy) is 1. The van der Waals surface area contributed by atoms with Crippen molar-refractivity contribution in [3.05, 3.63) is 53.5 Å². The Kier molecular flexibility index (Phi) is 8.31. The molecule has 3 aromatic rings. The van der Waals surface area contributed by atoms with Crippen molar-refractivity contribution < 1.29 is 30.7 Å². The van der Waals surface area contributed by atoms with Crippen LogP contribution in [0.2, 0.25) is 0 Å². The van der Waals surface area contributed by atoms with E-state index in [0.29, 0.717) is 35.4 Å². The summed E-state index contributed by atoms with van der Waals surface area (Å²) in [6.07, 6.45) is -3.88. The second-order valence-electron chi connectivity index (χ2n) is 11.0. The Balaban J connectivity index is 1.62. The van der Waals surface area contributed by atoms with Crippen molar-refractivity contribution in [1.29, 1.82) is 0 Å². The lowest BCUT2D eigenvalue weighted by atomic mass is 9.87. The zero-order valence-electron chi connectivity index (χ0n) is 22.9. The van der Waals surface area contributed by atoms with Crippen LogP contribution in [0.1, 0.15) is 44.9 Å². The molecule has 2 aromatic carbocycles. The van der Waals surface area contributed by atoms with E-state index < -0.39 is 28.4 Å². The van der Waals surface area contributed by atoms with Crippen LogP contribution in [0.25, 0.3) is 10.9 Å². The van der Waals surface area contributed by atoms with Gasteiger partial charge in [-0.1, -0.05) is 32.8 Å². The molecular formula is C29H33F4N3O3S. The van der Waals surface area contributed by atoms with Gasteiger partial charge in [-0.3, -0.25) is 0 Å². The molecule has 0 amide bonds. The Bertz CT molecular complexity index is 1550.